The van der Waals surface area contributed by atoms with E-state index in [1.807, 2.05) is 0 Å². The summed E-state index contributed by atoms with van der Waals surface area (Å²) in [6.07, 6.45) is 0. The molecule has 0 heterocycles. The van der Waals surface area contributed by atoms with E-state index in [-0.39, 0.29) is 19.7 Å². The molecule has 0 aromatic heterocycles. The van der Waals surface area contributed by atoms with Gasteiger partial charge in [0, 0.05) is 20.0 Å². The molecule has 0 bridgehead atoms. The van der Waals surface area contributed by atoms with Gasteiger partial charge in [-0.2, -0.15) is 0 Å². The summed E-state index contributed by atoms with van der Waals surface area (Å²) in [5, 5.41) is 51.7. The molecule has 0 amide bonds. The molecule has 0 spiro atoms. The van der Waals surface area contributed by atoms with Gasteiger partial charge in [-0.1, -0.05) is 0 Å². The lowest BCUT2D eigenvalue weighted by molar-refractivity contribution is -0.145. The van der Waals surface area contributed by atoms with Crippen LogP contribution in [0.5, 0.6) is 0 Å². The number of ether oxygens (including phenoxy) is 1. The first kappa shape index (κ1) is 30.3. The van der Waals surface area contributed by atoms with Crippen LogP contribution in [0.25, 0.3) is 0 Å². The molecular formula is C16H29N3O12. The predicted molar refractivity (Wildman–Crippen MR) is 101 cm³/mol. The molecule has 0 atom stereocenters. The average molecular weight is 455 g/mol. The predicted octanol–water partition coefficient (Wildman–Crippen LogP) is -3.84. The van der Waals surface area contributed by atoms with Crippen molar-refractivity contribution in [3.05, 3.63) is 0 Å². The quantitative estimate of drug-likeness (QED) is 0.117. The van der Waals surface area contributed by atoms with Gasteiger partial charge in [0.15, 0.2) is 0 Å². The van der Waals surface area contributed by atoms with E-state index in [4.69, 9.17) is 36.4 Å². The van der Waals surface area contributed by atoms with E-state index in [0.29, 0.717) is 0 Å². The van der Waals surface area contributed by atoms with Gasteiger partial charge >= 0.3 is 29.8 Å². The number of aliphatic carboxylic acids is 4. The Morgan fingerprint density at radius 1 is 0.742 bits per heavy atom. The monoisotopic (exact) mass is 455 g/mol. The lowest BCUT2D eigenvalue weighted by Crippen LogP contribution is -2.51. The number of carbonyl (C=O) groups excluding carboxylic acids is 1. The Morgan fingerprint density at radius 3 is 1.23 bits per heavy atom. The maximum absolute atomic E-state index is 10.6. The fraction of sp³-hybridized carbons (Fsp3) is 0.688. The van der Waals surface area contributed by atoms with E-state index in [1.54, 1.807) is 0 Å². The summed E-state index contributed by atoms with van der Waals surface area (Å²) in [6, 6.07) is 0. The number of carboxylic acids is 4. The van der Waals surface area contributed by atoms with Gasteiger partial charge in [-0.3, -0.25) is 33.8 Å². The molecule has 0 saturated heterocycles. The van der Waals surface area contributed by atoms with E-state index in [2.05, 4.69) is 4.74 Å². The molecule has 0 rings (SSSR count). The van der Waals surface area contributed by atoms with Crippen LogP contribution in [-0.4, -0.2) is 135 Å². The number of carboxylic acid groups (broad SMARTS) is 4. The van der Waals surface area contributed by atoms with Gasteiger partial charge in [0.2, 0.25) is 0 Å². The van der Waals surface area contributed by atoms with Crippen molar-refractivity contribution in [2.24, 2.45) is 5.73 Å². The largest absolute Gasteiger partial charge is 0.480 e. The van der Waals surface area contributed by atoms with Crippen molar-refractivity contribution in [2.75, 3.05) is 59.1 Å². The number of rotatable bonds is 15. The van der Waals surface area contributed by atoms with Gasteiger partial charge in [0.1, 0.15) is 6.61 Å². The van der Waals surface area contributed by atoms with E-state index in [1.165, 1.54) is 6.92 Å². The van der Waals surface area contributed by atoms with Gasteiger partial charge < -0.3 is 41.1 Å². The Labute approximate surface area is 177 Å². The zero-order valence-electron chi connectivity index (χ0n) is 17.0. The molecular weight excluding hydrogens is 426 g/mol. The van der Waals surface area contributed by atoms with Crippen LogP contribution in [0.4, 0.5) is 0 Å². The highest BCUT2D eigenvalue weighted by Gasteiger charge is 2.24. The fourth-order valence-corrected chi connectivity index (χ4v) is 1.86. The van der Waals surface area contributed by atoms with E-state index in [9.17, 15) is 24.0 Å². The van der Waals surface area contributed by atoms with Crippen LogP contribution in [0, 0.1) is 0 Å². The summed E-state index contributed by atoms with van der Waals surface area (Å²) in [6.45, 7) is -2.03. The number of aliphatic hydroxyl groups excluding tert-OH is 2. The fourth-order valence-electron chi connectivity index (χ4n) is 1.86. The first-order chi connectivity index (χ1) is 14.2. The van der Waals surface area contributed by atoms with E-state index >= 15 is 0 Å². The van der Waals surface area contributed by atoms with Crippen molar-refractivity contribution in [2.45, 2.75) is 12.5 Å². The summed E-state index contributed by atoms with van der Waals surface area (Å²) >= 11 is 0. The molecule has 31 heavy (non-hydrogen) atoms. The molecule has 0 aromatic carbocycles. The van der Waals surface area contributed by atoms with Gasteiger partial charge in [0.05, 0.1) is 44.9 Å². The van der Waals surface area contributed by atoms with Gasteiger partial charge in [-0.05, 0) is 0 Å². The Morgan fingerprint density at radius 2 is 1.03 bits per heavy atom. The number of aliphatic hydroxyl groups is 2. The number of carbonyl (C=O) groups is 5. The van der Waals surface area contributed by atoms with Crippen molar-refractivity contribution in [1.82, 2.24) is 9.80 Å². The molecule has 0 aliphatic heterocycles. The summed E-state index contributed by atoms with van der Waals surface area (Å²) < 4.78 is 4.50. The smallest absolute Gasteiger partial charge is 0.317 e. The van der Waals surface area contributed by atoms with Crippen molar-refractivity contribution in [1.29, 1.82) is 0 Å². The average Bonchev–Trinajstić information content (AvgIpc) is 2.62. The topological polar surface area (TPSA) is 248 Å². The highest BCUT2D eigenvalue weighted by molar-refractivity contribution is 5.73. The molecule has 0 fully saturated rings. The second kappa shape index (κ2) is 15.9. The zero-order chi connectivity index (χ0) is 24.6. The number of nitrogens with zero attached hydrogens (tertiary/aromatic N) is 2. The molecule has 0 aromatic rings. The minimum absolute atomic E-state index is 0.0703. The molecule has 8 N–H and O–H groups in total. The van der Waals surface area contributed by atoms with Gasteiger partial charge in [-0.25, -0.2) is 0 Å². The van der Waals surface area contributed by atoms with E-state index < -0.39 is 74.8 Å². The Kier molecular flexibility index (Phi) is 15.6. The van der Waals surface area contributed by atoms with Crippen LogP contribution in [-0.2, 0) is 28.7 Å². The molecule has 0 radical (unpaired) electrons. The first-order valence-electron chi connectivity index (χ1n) is 8.70. The van der Waals surface area contributed by atoms with Crippen molar-refractivity contribution in [3.8, 4) is 0 Å². The maximum atomic E-state index is 10.6. The molecule has 0 aliphatic carbocycles. The normalized spacial score (nSPS) is 10.9. The van der Waals surface area contributed by atoms with Gasteiger partial charge in [-0.15, -0.1) is 0 Å². The molecule has 15 heteroatoms. The van der Waals surface area contributed by atoms with Crippen LogP contribution >= 0.6 is 0 Å². The van der Waals surface area contributed by atoms with Crippen molar-refractivity contribution in [3.63, 3.8) is 0 Å². The molecule has 0 aliphatic rings. The summed E-state index contributed by atoms with van der Waals surface area (Å²) in [4.78, 5) is 54.6. The second-order valence-corrected chi connectivity index (χ2v) is 6.46. The number of nitrogens with two attached hydrogens (primary N) is 1. The minimum Gasteiger partial charge on any atom is -0.480 e. The van der Waals surface area contributed by atoms with Crippen LogP contribution < -0.4 is 5.73 Å². The van der Waals surface area contributed by atoms with Crippen LogP contribution in [0.3, 0.4) is 0 Å². The maximum Gasteiger partial charge on any atom is 0.317 e. The lowest BCUT2D eigenvalue weighted by Gasteiger charge is -2.23. The number of hydrogen-bond acceptors (Lipinski definition) is 11. The number of hydrogen-bond donors (Lipinski definition) is 7. The zero-order valence-corrected chi connectivity index (χ0v) is 17.0. The Balaban J connectivity index is 0. The molecule has 180 valence electrons. The summed E-state index contributed by atoms with van der Waals surface area (Å²) in [7, 11) is 0. The Hall–Kier alpha value is -2.85. The minimum atomic E-state index is -1.23. The Bertz CT molecular complexity index is 541. The van der Waals surface area contributed by atoms with Crippen LogP contribution in [0.2, 0.25) is 0 Å². The molecule has 0 unspecified atom stereocenters. The SMILES string of the molecule is CC(=O)OCC(N)(CO)CO.O=C(O)CN(CCN(CC(=O)O)CC(=O)O)CC(=O)O. The third kappa shape index (κ3) is 18.9. The lowest BCUT2D eigenvalue weighted by atomic mass is 10.1. The third-order valence-electron chi connectivity index (χ3n) is 3.36. The highest BCUT2D eigenvalue weighted by Crippen LogP contribution is 1.98. The standard InChI is InChI=1S/C10H16N2O8.C6H13NO4/c13-7(14)3-11(4-8(15)16)1-2-12(5-9(17)18)6-10(19)20;1-5(10)11-4-6(7,2-8)3-9/h1-6H2,(H,13,14)(H,15,16)(H,17,18)(H,19,20);8-9H,2-4,7H2,1H3. The number of esters is 1. The van der Waals surface area contributed by atoms with Gasteiger partial charge in [0.25, 0.3) is 0 Å². The van der Waals surface area contributed by atoms with Crippen molar-refractivity contribution < 1.29 is 59.3 Å². The second-order valence-electron chi connectivity index (χ2n) is 6.46. The first-order valence-corrected chi connectivity index (χ1v) is 8.70. The third-order valence-corrected chi connectivity index (χ3v) is 3.36. The van der Waals surface area contributed by atoms with Crippen LogP contribution in [0.15, 0.2) is 0 Å². The van der Waals surface area contributed by atoms with E-state index in [0.717, 1.165) is 9.80 Å². The van der Waals surface area contributed by atoms with Crippen molar-refractivity contribution >= 4 is 29.8 Å². The summed E-state index contributed by atoms with van der Waals surface area (Å²) in [5.74, 6) is -5.39. The van der Waals surface area contributed by atoms with Crippen LogP contribution in [0.1, 0.15) is 6.92 Å². The highest BCUT2D eigenvalue weighted by atomic mass is 16.5. The molecule has 0 saturated carbocycles. The summed E-state index contributed by atoms with van der Waals surface area (Å²) in [5.41, 5.74) is 4.15. The molecule has 15 nitrogen and oxygen atoms in total.